The van der Waals surface area contributed by atoms with Crippen molar-refractivity contribution < 1.29 is 4.74 Å². The molecular weight excluding hydrogens is 222 g/mol. The maximum atomic E-state index is 5.59. The first-order valence-corrected chi connectivity index (χ1v) is 6.95. The number of rotatable bonds is 7. The molecule has 0 bridgehead atoms. The Kier molecular flexibility index (Phi) is 6.20. The molecule has 0 amide bonds. The molecule has 0 saturated carbocycles. The van der Waals surface area contributed by atoms with Crippen LogP contribution in [0.25, 0.3) is 0 Å². The van der Waals surface area contributed by atoms with Crippen LogP contribution in [0, 0.1) is 5.92 Å². The Morgan fingerprint density at radius 1 is 1.22 bits per heavy atom. The number of hydrogen-bond acceptors (Lipinski definition) is 2. The third kappa shape index (κ3) is 4.34. The van der Waals surface area contributed by atoms with Crippen LogP contribution < -0.4 is 4.74 Å². The van der Waals surface area contributed by atoms with Gasteiger partial charge in [0.15, 0.2) is 0 Å². The van der Waals surface area contributed by atoms with E-state index in [-0.39, 0.29) is 0 Å². The van der Waals surface area contributed by atoms with Gasteiger partial charge in [0, 0.05) is 6.54 Å². The Morgan fingerprint density at radius 2 is 1.94 bits per heavy atom. The van der Waals surface area contributed by atoms with E-state index in [0.29, 0.717) is 11.8 Å². The standard InChI is InChI=1S/C16H27NO/c1-6-16(13(3)12-17(4)5)14-9-8-10-15(11-14)18-7-2/h8-11,13,16H,6-7,12H2,1-5H3/t13-,16+/m0/s1. The van der Waals surface area contributed by atoms with Crippen molar-refractivity contribution >= 4 is 0 Å². The molecule has 18 heavy (non-hydrogen) atoms. The van der Waals surface area contributed by atoms with Crippen molar-refractivity contribution in [3.63, 3.8) is 0 Å². The van der Waals surface area contributed by atoms with Crippen LogP contribution in [0.1, 0.15) is 38.7 Å². The van der Waals surface area contributed by atoms with E-state index in [1.165, 1.54) is 12.0 Å². The van der Waals surface area contributed by atoms with Gasteiger partial charge in [-0.25, -0.2) is 0 Å². The van der Waals surface area contributed by atoms with Gasteiger partial charge in [-0.3, -0.25) is 0 Å². The Labute approximate surface area is 112 Å². The lowest BCUT2D eigenvalue weighted by Gasteiger charge is -2.26. The van der Waals surface area contributed by atoms with E-state index in [9.17, 15) is 0 Å². The third-order valence-corrected chi connectivity index (χ3v) is 3.38. The summed E-state index contributed by atoms with van der Waals surface area (Å²) in [6.45, 7) is 8.48. The first-order valence-electron chi connectivity index (χ1n) is 6.95. The molecule has 2 nitrogen and oxygen atoms in total. The van der Waals surface area contributed by atoms with Crippen LogP contribution in [0.2, 0.25) is 0 Å². The Balaban J connectivity index is 2.83. The Bertz CT molecular complexity index is 349. The number of hydrogen-bond donors (Lipinski definition) is 0. The highest BCUT2D eigenvalue weighted by Gasteiger charge is 2.18. The molecule has 0 aliphatic heterocycles. The van der Waals surface area contributed by atoms with Crippen molar-refractivity contribution in [1.82, 2.24) is 4.90 Å². The summed E-state index contributed by atoms with van der Waals surface area (Å²) in [5.74, 6) is 2.25. The largest absolute Gasteiger partial charge is 0.494 e. The smallest absolute Gasteiger partial charge is 0.119 e. The molecule has 0 aliphatic carbocycles. The minimum Gasteiger partial charge on any atom is -0.494 e. The molecule has 0 fully saturated rings. The summed E-state index contributed by atoms with van der Waals surface area (Å²) in [6, 6.07) is 8.56. The van der Waals surface area contributed by atoms with E-state index in [0.717, 1.165) is 18.9 Å². The highest BCUT2D eigenvalue weighted by Crippen LogP contribution is 2.30. The summed E-state index contributed by atoms with van der Waals surface area (Å²) in [5, 5.41) is 0. The second kappa shape index (κ2) is 7.42. The van der Waals surface area contributed by atoms with Crippen molar-refractivity contribution in [1.29, 1.82) is 0 Å². The molecule has 1 aromatic carbocycles. The van der Waals surface area contributed by atoms with E-state index in [2.05, 4.69) is 51.0 Å². The zero-order valence-electron chi connectivity index (χ0n) is 12.4. The third-order valence-electron chi connectivity index (χ3n) is 3.38. The fourth-order valence-corrected chi connectivity index (χ4v) is 2.67. The van der Waals surface area contributed by atoms with Crippen LogP contribution in [0.4, 0.5) is 0 Å². The Hall–Kier alpha value is -1.02. The monoisotopic (exact) mass is 249 g/mol. The zero-order valence-corrected chi connectivity index (χ0v) is 12.4. The number of benzene rings is 1. The van der Waals surface area contributed by atoms with Crippen LogP contribution in [-0.2, 0) is 0 Å². The first-order chi connectivity index (χ1) is 8.58. The van der Waals surface area contributed by atoms with Gasteiger partial charge in [0.25, 0.3) is 0 Å². The normalized spacial score (nSPS) is 14.6. The maximum Gasteiger partial charge on any atom is 0.119 e. The van der Waals surface area contributed by atoms with Crippen molar-refractivity contribution in [2.45, 2.75) is 33.1 Å². The molecule has 2 heteroatoms. The lowest BCUT2D eigenvalue weighted by molar-refractivity contribution is 0.300. The average Bonchev–Trinajstić information content (AvgIpc) is 2.30. The van der Waals surface area contributed by atoms with Gasteiger partial charge < -0.3 is 9.64 Å². The van der Waals surface area contributed by atoms with E-state index in [1.807, 2.05) is 13.0 Å². The van der Waals surface area contributed by atoms with E-state index >= 15 is 0 Å². The summed E-state index contributed by atoms with van der Waals surface area (Å²) in [4.78, 5) is 2.26. The van der Waals surface area contributed by atoms with Crippen molar-refractivity contribution in [2.75, 3.05) is 27.2 Å². The van der Waals surface area contributed by atoms with Crippen LogP contribution in [0.15, 0.2) is 24.3 Å². The van der Waals surface area contributed by atoms with Gasteiger partial charge >= 0.3 is 0 Å². The predicted octanol–water partition coefficient (Wildman–Crippen LogP) is 3.78. The first kappa shape index (κ1) is 15.0. The van der Waals surface area contributed by atoms with Crippen molar-refractivity contribution in [3.8, 4) is 5.75 Å². The topological polar surface area (TPSA) is 12.5 Å². The second-order valence-corrected chi connectivity index (χ2v) is 5.26. The molecule has 0 heterocycles. The average molecular weight is 249 g/mol. The number of ether oxygens (including phenoxy) is 1. The minimum atomic E-state index is 0.604. The van der Waals surface area contributed by atoms with Gasteiger partial charge in [-0.1, -0.05) is 26.0 Å². The molecule has 0 unspecified atom stereocenters. The molecule has 1 aromatic rings. The van der Waals surface area contributed by atoms with Gasteiger partial charge in [-0.05, 0) is 57.0 Å². The van der Waals surface area contributed by atoms with Crippen LogP contribution >= 0.6 is 0 Å². The maximum absolute atomic E-state index is 5.59. The van der Waals surface area contributed by atoms with E-state index < -0.39 is 0 Å². The summed E-state index contributed by atoms with van der Waals surface area (Å²) in [7, 11) is 4.28. The molecule has 0 aliphatic rings. The highest BCUT2D eigenvalue weighted by molar-refractivity contribution is 5.31. The molecular formula is C16H27NO. The summed E-state index contributed by atoms with van der Waals surface area (Å²) in [5.41, 5.74) is 1.40. The summed E-state index contributed by atoms with van der Waals surface area (Å²) in [6.07, 6.45) is 1.17. The van der Waals surface area contributed by atoms with Gasteiger partial charge in [-0.15, -0.1) is 0 Å². The molecule has 0 aromatic heterocycles. The molecule has 1 rings (SSSR count). The molecule has 0 N–H and O–H groups in total. The fraction of sp³-hybridized carbons (Fsp3) is 0.625. The Morgan fingerprint density at radius 3 is 2.50 bits per heavy atom. The lowest BCUT2D eigenvalue weighted by atomic mass is 9.85. The van der Waals surface area contributed by atoms with Gasteiger partial charge in [-0.2, -0.15) is 0 Å². The van der Waals surface area contributed by atoms with Crippen LogP contribution in [0.3, 0.4) is 0 Å². The van der Waals surface area contributed by atoms with Crippen LogP contribution in [0.5, 0.6) is 5.75 Å². The summed E-state index contributed by atoms with van der Waals surface area (Å²) < 4.78 is 5.59. The van der Waals surface area contributed by atoms with Gasteiger partial charge in [0.1, 0.15) is 5.75 Å². The minimum absolute atomic E-state index is 0.604. The molecule has 0 spiro atoms. The fourth-order valence-electron chi connectivity index (χ4n) is 2.67. The van der Waals surface area contributed by atoms with E-state index in [1.54, 1.807) is 0 Å². The van der Waals surface area contributed by atoms with Crippen LogP contribution in [-0.4, -0.2) is 32.1 Å². The molecule has 0 radical (unpaired) electrons. The summed E-state index contributed by atoms with van der Waals surface area (Å²) >= 11 is 0. The SMILES string of the molecule is CCOc1cccc([C@H](CC)[C@@H](C)CN(C)C)c1. The lowest BCUT2D eigenvalue weighted by Crippen LogP contribution is -2.24. The second-order valence-electron chi connectivity index (χ2n) is 5.26. The molecule has 0 saturated heterocycles. The van der Waals surface area contributed by atoms with Gasteiger partial charge in [0.2, 0.25) is 0 Å². The predicted molar refractivity (Wildman–Crippen MR) is 78.4 cm³/mol. The highest BCUT2D eigenvalue weighted by atomic mass is 16.5. The van der Waals surface area contributed by atoms with Crippen molar-refractivity contribution in [3.05, 3.63) is 29.8 Å². The van der Waals surface area contributed by atoms with Crippen molar-refractivity contribution in [2.24, 2.45) is 5.92 Å². The quantitative estimate of drug-likeness (QED) is 0.729. The number of nitrogens with zero attached hydrogens (tertiary/aromatic N) is 1. The molecule has 2 atom stereocenters. The molecule has 102 valence electrons. The van der Waals surface area contributed by atoms with E-state index in [4.69, 9.17) is 4.74 Å². The van der Waals surface area contributed by atoms with Gasteiger partial charge in [0.05, 0.1) is 6.61 Å². The zero-order chi connectivity index (χ0) is 13.5.